The summed E-state index contributed by atoms with van der Waals surface area (Å²) in [5.74, 6) is 0.549. The van der Waals surface area contributed by atoms with Crippen molar-refractivity contribution in [2.75, 3.05) is 32.8 Å². The van der Waals surface area contributed by atoms with Crippen molar-refractivity contribution in [3.8, 4) is 5.75 Å². The van der Waals surface area contributed by atoms with E-state index in [0.29, 0.717) is 42.5 Å². The number of halogens is 1. The highest BCUT2D eigenvalue weighted by Crippen LogP contribution is 2.21. The second-order valence-electron chi connectivity index (χ2n) is 6.24. The second-order valence-corrected chi connectivity index (χ2v) is 6.65. The highest BCUT2D eigenvalue weighted by atomic mass is 35.5. The summed E-state index contributed by atoms with van der Waals surface area (Å²) in [6, 6.07) is 14.5. The fraction of sp³-hybridized carbons (Fsp3) is 0.300. The number of carbonyl (C=O) groups excluding carboxylic acids is 2. The van der Waals surface area contributed by atoms with Crippen molar-refractivity contribution in [1.29, 1.82) is 0 Å². The Morgan fingerprint density at radius 3 is 2.31 bits per heavy atom. The fourth-order valence-corrected chi connectivity index (χ4v) is 2.98. The van der Waals surface area contributed by atoms with Crippen LogP contribution in [0.4, 0.5) is 0 Å². The summed E-state index contributed by atoms with van der Waals surface area (Å²) in [6.07, 6.45) is 0. The number of rotatable bonds is 4. The van der Waals surface area contributed by atoms with Gasteiger partial charge >= 0.3 is 0 Å². The summed E-state index contributed by atoms with van der Waals surface area (Å²) in [7, 11) is 0. The van der Waals surface area contributed by atoms with Gasteiger partial charge in [-0.2, -0.15) is 0 Å². The first-order chi connectivity index (χ1) is 12.5. The molecule has 0 unspecified atom stereocenters. The molecule has 0 atom stereocenters. The van der Waals surface area contributed by atoms with Gasteiger partial charge in [0.25, 0.3) is 11.8 Å². The Bertz CT molecular complexity index is 787. The Hall–Kier alpha value is -2.53. The van der Waals surface area contributed by atoms with Gasteiger partial charge in [-0.05, 0) is 42.8 Å². The first-order valence-electron chi connectivity index (χ1n) is 8.55. The van der Waals surface area contributed by atoms with Gasteiger partial charge in [-0.1, -0.05) is 29.8 Å². The van der Waals surface area contributed by atoms with Crippen molar-refractivity contribution in [3.63, 3.8) is 0 Å². The lowest BCUT2D eigenvalue weighted by Gasteiger charge is -2.34. The van der Waals surface area contributed by atoms with Crippen LogP contribution in [0.15, 0.2) is 48.5 Å². The monoisotopic (exact) mass is 372 g/mol. The maximum absolute atomic E-state index is 12.4. The van der Waals surface area contributed by atoms with Crippen molar-refractivity contribution in [2.45, 2.75) is 6.92 Å². The van der Waals surface area contributed by atoms with Crippen molar-refractivity contribution in [2.24, 2.45) is 0 Å². The largest absolute Gasteiger partial charge is 0.484 e. The number of carbonyl (C=O) groups is 2. The van der Waals surface area contributed by atoms with E-state index >= 15 is 0 Å². The number of hydrogen-bond donors (Lipinski definition) is 0. The number of piperazine rings is 1. The van der Waals surface area contributed by atoms with E-state index in [1.165, 1.54) is 0 Å². The van der Waals surface area contributed by atoms with Crippen LogP contribution in [-0.2, 0) is 4.79 Å². The molecule has 26 heavy (non-hydrogen) atoms. The highest BCUT2D eigenvalue weighted by molar-refractivity contribution is 6.31. The van der Waals surface area contributed by atoms with Crippen molar-refractivity contribution < 1.29 is 14.3 Å². The predicted octanol–water partition coefficient (Wildman–Crippen LogP) is 3.01. The number of amides is 2. The number of hydrogen-bond acceptors (Lipinski definition) is 3. The molecule has 0 saturated carbocycles. The van der Waals surface area contributed by atoms with Crippen molar-refractivity contribution >= 4 is 23.4 Å². The van der Waals surface area contributed by atoms with Crippen LogP contribution in [-0.4, -0.2) is 54.4 Å². The number of nitrogens with zero attached hydrogens (tertiary/aromatic N) is 2. The van der Waals surface area contributed by atoms with Gasteiger partial charge in [0.1, 0.15) is 5.75 Å². The molecule has 2 aromatic rings. The third kappa shape index (κ3) is 4.35. The summed E-state index contributed by atoms with van der Waals surface area (Å²) in [4.78, 5) is 28.3. The Kier molecular flexibility index (Phi) is 5.78. The zero-order chi connectivity index (χ0) is 18.5. The number of ether oxygens (including phenoxy) is 1. The van der Waals surface area contributed by atoms with E-state index in [-0.39, 0.29) is 18.4 Å². The molecule has 5 nitrogen and oxygen atoms in total. The van der Waals surface area contributed by atoms with Crippen LogP contribution in [0, 0.1) is 6.92 Å². The van der Waals surface area contributed by atoms with Gasteiger partial charge in [0.15, 0.2) is 6.61 Å². The first-order valence-corrected chi connectivity index (χ1v) is 8.93. The molecule has 1 saturated heterocycles. The predicted molar refractivity (Wildman–Crippen MR) is 101 cm³/mol. The van der Waals surface area contributed by atoms with Crippen LogP contribution in [0.1, 0.15) is 15.9 Å². The van der Waals surface area contributed by atoms with E-state index in [2.05, 4.69) is 0 Å². The summed E-state index contributed by atoms with van der Waals surface area (Å²) in [6.45, 7) is 3.95. The first kappa shape index (κ1) is 18.3. The molecule has 1 fully saturated rings. The second kappa shape index (κ2) is 8.23. The molecule has 0 aliphatic carbocycles. The molecule has 2 aromatic carbocycles. The standard InChI is InChI=1S/C20H21ClN2O3/c1-15-13-17(7-8-18(15)21)26-14-19(24)22-9-11-23(12-10-22)20(25)16-5-3-2-4-6-16/h2-8,13H,9-12,14H2,1H3. The lowest BCUT2D eigenvalue weighted by atomic mass is 10.2. The molecule has 0 aromatic heterocycles. The molecule has 1 heterocycles. The summed E-state index contributed by atoms with van der Waals surface area (Å²) in [5, 5.41) is 0.669. The minimum Gasteiger partial charge on any atom is -0.484 e. The molecule has 2 amide bonds. The molecule has 0 spiro atoms. The van der Waals surface area contributed by atoms with Crippen LogP contribution >= 0.6 is 11.6 Å². The lowest BCUT2D eigenvalue weighted by molar-refractivity contribution is -0.134. The summed E-state index contributed by atoms with van der Waals surface area (Å²) in [5.41, 5.74) is 1.58. The van der Waals surface area contributed by atoms with Crippen molar-refractivity contribution in [3.05, 3.63) is 64.7 Å². The van der Waals surface area contributed by atoms with E-state index in [4.69, 9.17) is 16.3 Å². The van der Waals surface area contributed by atoms with Crippen LogP contribution < -0.4 is 4.74 Å². The molecule has 1 aliphatic rings. The summed E-state index contributed by atoms with van der Waals surface area (Å²) >= 11 is 5.99. The maximum atomic E-state index is 12.4. The Labute approximate surface area is 158 Å². The van der Waals surface area contributed by atoms with E-state index in [9.17, 15) is 9.59 Å². The summed E-state index contributed by atoms with van der Waals surface area (Å²) < 4.78 is 5.57. The topological polar surface area (TPSA) is 49.9 Å². The van der Waals surface area contributed by atoms with Gasteiger partial charge in [0, 0.05) is 36.8 Å². The average molecular weight is 373 g/mol. The van der Waals surface area contributed by atoms with E-state index in [1.807, 2.05) is 43.3 Å². The Morgan fingerprint density at radius 2 is 1.65 bits per heavy atom. The van der Waals surface area contributed by atoms with Crippen molar-refractivity contribution in [1.82, 2.24) is 9.80 Å². The minimum absolute atomic E-state index is 0.00517. The van der Waals surface area contributed by atoms with Gasteiger partial charge in [0.05, 0.1) is 0 Å². The SMILES string of the molecule is Cc1cc(OCC(=O)N2CCN(C(=O)c3ccccc3)CC2)ccc1Cl. The number of aryl methyl sites for hydroxylation is 1. The van der Waals surface area contributed by atoms with Gasteiger partial charge in [0.2, 0.25) is 0 Å². The van der Waals surface area contributed by atoms with Crippen LogP contribution in [0.2, 0.25) is 5.02 Å². The molecular formula is C20H21ClN2O3. The normalized spacial score (nSPS) is 14.2. The van der Waals surface area contributed by atoms with Crippen LogP contribution in [0.25, 0.3) is 0 Å². The Balaban J connectivity index is 1.49. The van der Waals surface area contributed by atoms with Crippen LogP contribution in [0.3, 0.4) is 0 Å². The minimum atomic E-state index is -0.0792. The molecular weight excluding hydrogens is 352 g/mol. The Morgan fingerprint density at radius 1 is 1.00 bits per heavy atom. The highest BCUT2D eigenvalue weighted by Gasteiger charge is 2.24. The molecule has 0 N–H and O–H groups in total. The average Bonchev–Trinajstić information content (AvgIpc) is 2.69. The van der Waals surface area contributed by atoms with Gasteiger partial charge in [-0.15, -0.1) is 0 Å². The smallest absolute Gasteiger partial charge is 0.260 e. The quantitative estimate of drug-likeness (QED) is 0.829. The molecule has 0 bridgehead atoms. The fourth-order valence-electron chi connectivity index (χ4n) is 2.87. The van der Waals surface area contributed by atoms with Gasteiger partial charge < -0.3 is 14.5 Å². The maximum Gasteiger partial charge on any atom is 0.260 e. The van der Waals surface area contributed by atoms with Gasteiger partial charge in [-0.3, -0.25) is 9.59 Å². The zero-order valence-electron chi connectivity index (χ0n) is 14.7. The molecule has 1 aliphatic heterocycles. The van der Waals surface area contributed by atoms with E-state index in [0.717, 1.165) is 5.56 Å². The molecule has 0 radical (unpaired) electrons. The van der Waals surface area contributed by atoms with Crippen LogP contribution in [0.5, 0.6) is 5.75 Å². The van der Waals surface area contributed by atoms with E-state index in [1.54, 1.807) is 21.9 Å². The molecule has 6 heteroatoms. The zero-order valence-corrected chi connectivity index (χ0v) is 15.4. The van der Waals surface area contributed by atoms with E-state index < -0.39 is 0 Å². The molecule has 3 rings (SSSR count). The number of benzene rings is 2. The molecule has 136 valence electrons. The third-order valence-electron chi connectivity index (χ3n) is 4.43. The van der Waals surface area contributed by atoms with Gasteiger partial charge in [-0.25, -0.2) is 0 Å². The third-order valence-corrected chi connectivity index (χ3v) is 4.86. The lowest BCUT2D eigenvalue weighted by Crippen LogP contribution is -2.51.